The van der Waals surface area contributed by atoms with Gasteiger partial charge in [-0.05, 0) is 128 Å². The van der Waals surface area contributed by atoms with E-state index in [2.05, 4.69) is 114 Å². The van der Waals surface area contributed by atoms with Crippen LogP contribution in [0.4, 0.5) is 17.1 Å². The fourth-order valence-corrected chi connectivity index (χ4v) is 11.5. The van der Waals surface area contributed by atoms with E-state index in [1.165, 1.54) is 0 Å². The van der Waals surface area contributed by atoms with Crippen LogP contribution in [0.1, 0.15) is 142 Å². The SMILES string of the molecule is [2H]c1c([2H])c([2H])c(C(c2ccc(C(C)C)cc2)c2ccc3c4c([2H])c5c(c([2H])c4n4c6ccc(C(C)(C)C)cc6c2c34)c2ccc(N(c3ccc(C(C)C)cc3)c3c([2H])c([2H])c([2H])c([2H])c3[2H])c3c4cc(C(C)(C)C)ccc4n5c23)c([2H])c1[2H]. The van der Waals surface area contributed by atoms with Crippen LogP contribution >= 0.6 is 0 Å². The molecule has 13 aromatic rings. The average molecular weight is 946 g/mol. The van der Waals surface area contributed by atoms with Crippen molar-refractivity contribution in [1.82, 2.24) is 8.80 Å². The van der Waals surface area contributed by atoms with E-state index >= 15 is 0 Å². The van der Waals surface area contributed by atoms with Gasteiger partial charge in [-0.1, -0.05) is 184 Å². The normalized spacial score (nSPS) is 15.7. The molecule has 0 fully saturated rings. The number of benzene rings is 9. The van der Waals surface area contributed by atoms with E-state index in [0.717, 1.165) is 82.4 Å². The summed E-state index contributed by atoms with van der Waals surface area (Å²) in [5, 5.41) is 5.79. The van der Waals surface area contributed by atoms with Crippen molar-refractivity contribution in [3.05, 3.63) is 221 Å². The third-order valence-corrected chi connectivity index (χ3v) is 15.3. The fourth-order valence-electron chi connectivity index (χ4n) is 11.5. The third-order valence-electron chi connectivity index (χ3n) is 15.3. The lowest BCUT2D eigenvalue weighted by Crippen LogP contribution is -2.11. The molecular formula is C69H63N3. The average Bonchev–Trinajstić information content (AvgIpc) is 1.52. The molecule has 354 valence electrons. The molecule has 3 nitrogen and oxygen atoms in total. The number of aromatic nitrogens is 2. The van der Waals surface area contributed by atoms with Gasteiger partial charge in [-0.3, -0.25) is 0 Å². The summed E-state index contributed by atoms with van der Waals surface area (Å²) in [5.41, 5.74) is 10.6. The van der Waals surface area contributed by atoms with Crippen LogP contribution in [0.5, 0.6) is 0 Å². The summed E-state index contributed by atoms with van der Waals surface area (Å²) in [6, 6.07) is 33.0. The second-order valence-corrected chi connectivity index (χ2v) is 22.5. The molecule has 0 aliphatic rings. The monoisotopic (exact) mass is 946 g/mol. The summed E-state index contributed by atoms with van der Waals surface area (Å²) in [6.45, 7) is 21.4. The molecule has 0 radical (unpaired) electrons. The molecule has 1 unspecified atom stereocenters. The van der Waals surface area contributed by atoms with E-state index in [0.29, 0.717) is 38.6 Å². The van der Waals surface area contributed by atoms with Gasteiger partial charge in [0.25, 0.3) is 0 Å². The zero-order chi connectivity index (χ0) is 60.0. The fraction of sp³-hybridized carbons (Fsp3) is 0.217. The maximum atomic E-state index is 10.7. The summed E-state index contributed by atoms with van der Waals surface area (Å²) in [6.07, 6.45) is 0. The number of anilines is 3. The van der Waals surface area contributed by atoms with Gasteiger partial charge in [0.1, 0.15) is 0 Å². The second kappa shape index (κ2) is 15.9. The van der Waals surface area contributed by atoms with Crippen molar-refractivity contribution < 1.29 is 16.4 Å². The molecule has 0 aliphatic carbocycles. The Bertz CT molecular complexity index is 4570. The lowest BCUT2D eigenvalue weighted by Gasteiger charge is -2.27. The van der Waals surface area contributed by atoms with E-state index in [9.17, 15) is 8.22 Å². The lowest BCUT2D eigenvalue weighted by atomic mass is 9.81. The molecule has 3 heteroatoms. The highest BCUT2D eigenvalue weighted by atomic mass is 15.1. The summed E-state index contributed by atoms with van der Waals surface area (Å²) in [5.74, 6) is -0.406. The minimum atomic E-state index is -0.833. The Hall–Kier alpha value is -7.62. The number of hydrogen-bond donors (Lipinski definition) is 0. The number of fused-ring (bicyclic) bond motifs is 12. The molecular weight excluding hydrogens is 871 g/mol. The molecule has 1 atom stereocenters. The van der Waals surface area contributed by atoms with E-state index in [1.54, 1.807) is 4.90 Å². The van der Waals surface area contributed by atoms with Crippen molar-refractivity contribution in [2.45, 2.75) is 97.8 Å². The van der Waals surface area contributed by atoms with Crippen LogP contribution in [0.25, 0.3) is 76.2 Å². The summed E-state index contributed by atoms with van der Waals surface area (Å²) >= 11 is 0. The molecule has 0 saturated carbocycles. The van der Waals surface area contributed by atoms with Crippen molar-refractivity contribution in [2.24, 2.45) is 0 Å². The zero-order valence-electron chi connectivity index (χ0n) is 54.5. The van der Waals surface area contributed by atoms with Gasteiger partial charge in [0.05, 0.1) is 55.2 Å². The second-order valence-electron chi connectivity index (χ2n) is 22.5. The van der Waals surface area contributed by atoms with Gasteiger partial charge in [0, 0.05) is 60.4 Å². The minimum Gasteiger partial charge on any atom is -0.310 e. The van der Waals surface area contributed by atoms with Gasteiger partial charge in [-0.2, -0.15) is 0 Å². The summed E-state index contributed by atoms with van der Waals surface area (Å²) in [4.78, 5) is 1.78. The highest BCUT2D eigenvalue weighted by molar-refractivity contribution is 6.31. The van der Waals surface area contributed by atoms with Crippen molar-refractivity contribution in [3.8, 4) is 0 Å². The number of hydrogen-bond acceptors (Lipinski definition) is 1. The van der Waals surface area contributed by atoms with Crippen LogP contribution in [0.3, 0.4) is 0 Å². The standard InChI is InChI=1S/C69H63N3/c1-41(2)43-21-23-46(24-22-43)63(45-17-13-11-14-18-45)53-32-31-51-54-39-62-55(40-61(54)71-58-34-27-47(68(5,6)7)37-56(58)64(53)66(51)71)52-33-36-60(65-57-38-48(69(8,9)10)28-35-59(57)72(62)67(52)65)70(49-19-15-12-16-20-49)50-29-25-44(26-30-50)42(3)4/h11-42,63H,1-10H3/i11D,12D,13D,14D,15D,16D,17D,18D,19D,20D,39D,40D. The highest BCUT2D eigenvalue weighted by Crippen LogP contribution is 2.51. The Morgan fingerprint density at radius 2 is 0.889 bits per heavy atom. The Kier molecular flexibility index (Phi) is 7.33. The van der Waals surface area contributed by atoms with Gasteiger partial charge in [0.15, 0.2) is 0 Å². The van der Waals surface area contributed by atoms with Crippen LogP contribution in [0.2, 0.25) is 0 Å². The Balaban J connectivity index is 1.19. The summed E-state index contributed by atoms with van der Waals surface area (Å²) < 4.78 is 116. The molecule has 0 aliphatic heterocycles. The van der Waals surface area contributed by atoms with Crippen LogP contribution in [0, 0.1) is 0 Å². The predicted octanol–water partition coefficient (Wildman–Crippen LogP) is 19.5. The predicted molar refractivity (Wildman–Crippen MR) is 310 cm³/mol. The van der Waals surface area contributed by atoms with Gasteiger partial charge >= 0.3 is 0 Å². The number of para-hydroxylation sites is 1. The third kappa shape index (κ3) is 6.62. The van der Waals surface area contributed by atoms with Crippen LogP contribution in [0.15, 0.2) is 182 Å². The molecule has 0 N–H and O–H groups in total. The Morgan fingerprint density at radius 3 is 1.42 bits per heavy atom. The van der Waals surface area contributed by atoms with Crippen LogP contribution in [-0.4, -0.2) is 8.80 Å². The topological polar surface area (TPSA) is 12.1 Å². The van der Waals surface area contributed by atoms with Crippen LogP contribution < -0.4 is 4.90 Å². The highest BCUT2D eigenvalue weighted by Gasteiger charge is 2.30. The number of nitrogens with zero attached hydrogens (tertiary/aromatic N) is 3. The molecule has 13 rings (SSSR count). The number of rotatable bonds is 8. The van der Waals surface area contributed by atoms with Crippen molar-refractivity contribution in [2.75, 3.05) is 4.90 Å². The maximum Gasteiger partial charge on any atom is 0.0653 e. The summed E-state index contributed by atoms with van der Waals surface area (Å²) in [7, 11) is 0. The minimum absolute atomic E-state index is 0.00574. The van der Waals surface area contributed by atoms with Gasteiger partial charge in [-0.15, -0.1) is 0 Å². The van der Waals surface area contributed by atoms with Crippen molar-refractivity contribution in [3.63, 3.8) is 0 Å². The molecule has 0 amide bonds. The first-order valence-electron chi connectivity index (χ1n) is 31.2. The van der Waals surface area contributed by atoms with Gasteiger partial charge in [0.2, 0.25) is 0 Å². The Labute approximate surface area is 440 Å². The smallest absolute Gasteiger partial charge is 0.0653 e. The molecule has 9 aromatic carbocycles. The lowest BCUT2D eigenvalue weighted by molar-refractivity contribution is 0.591. The first-order chi connectivity index (χ1) is 39.6. The molecule has 0 bridgehead atoms. The van der Waals surface area contributed by atoms with Gasteiger partial charge in [-0.25, -0.2) is 0 Å². The Morgan fingerprint density at radius 1 is 0.417 bits per heavy atom. The molecule has 72 heavy (non-hydrogen) atoms. The van der Waals surface area contributed by atoms with E-state index in [1.807, 2.05) is 72.8 Å². The van der Waals surface area contributed by atoms with E-state index in [4.69, 9.17) is 8.22 Å². The van der Waals surface area contributed by atoms with Crippen molar-refractivity contribution >= 4 is 93.3 Å². The largest absolute Gasteiger partial charge is 0.310 e. The zero-order valence-corrected chi connectivity index (χ0v) is 42.5. The first-order valence-corrected chi connectivity index (χ1v) is 25.2. The van der Waals surface area contributed by atoms with Crippen molar-refractivity contribution in [1.29, 1.82) is 0 Å². The molecule has 0 saturated heterocycles. The first kappa shape index (κ1) is 33.1. The van der Waals surface area contributed by atoms with E-state index < -0.39 is 42.2 Å². The van der Waals surface area contributed by atoms with Gasteiger partial charge < -0.3 is 13.7 Å². The van der Waals surface area contributed by atoms with Crippen LogP contribution in [-0.2, 0) is 10.8 Å². The quantitative estimate of drug-likeness (QED) is 0.138. The van der Waals surface area contributed by atoms with E-state index in [-0.39, 0.29) is 70.2 Å². The molecule has 4 aromatic heterocycles. The maximum absolute atomic E-state index is 10.7. The molecule has 4 heterocycles. The molecule has 0 spiro atoms.